The number of hydrogen-bond acceptors (Lipinski definition) is 6. The lowest BCUT2D eigenvalue weighted by Crippen LogP contribution is -2.50. The molecule has 0 aliphatic carbocycles. The van der Waals surface area contributed by atoms with E-state index in [0.717, 1.165) is 22.5 Å². The van der Waals surface area contributed by atoms with E-state index in [0.29, 0.717) is 39.1 Å². The molecule has 4 rings (SSSR count). The molecule has 0 unspecified atom stereocenters. The molecule has 34 heavy (non-hydrogen) atoms. The van der Waals surface area contributed by atoms with Crippen LogP contribution in [0.4, 0.5) is 4.39 Å². The number of aromatic nitrogens is 3. The van der Waals surface area contributed by atoms with Crippen molar-refractivity contribution in [3.05, 3.63) is 71.9 Å². The quantitative estimate of drug-likeness (QED) is 0.484. The van der Waals surface area contributed by atoms with Gasteiger partial charge in [-0.05, 0) is 35.9 Å². The Morgan fingerprint density at radius 1 is 1.03 bits per heavy atom. The molecule has 0 N–H and O–H groups in total. The number of piperazine rings is 1. The van der Waals surface area contributed by atoms with Crippen molar-refractivity contribution in [2.24, 2.45) is 0 Å². The minimum Gasteiger partial charge on any atom is -0.339 e. The molecule has 0 radical (unpaired) electrons. The standard InChI is InChI=1S/C24H28FN5O3S/c1-34(32,33)15-14-28-10-12-29(13-11-28)24(31)18-30-22(16-19-2-4-21(25)5-3-19)17-23(27-30)20-6-8-26-9-7-20/h2-9,17H,10-16,18H2,1H3. The fourth-order valence-corrected chi connectivity index (χ4v) is 4.54. The monoisotopic (exact) mass is 485 g/mol. The molecule has 180 valence electrons. The number of sulfone groups is 1. The summed E-state index contributed by atoms with van der Waals surface area (Å²) in [6.45, 7) is 2.97. The zero-order valence-corrected chi connectivity index (χ0v) is 19.9. The second kappa shape index (κ2) is 10.4. The maximum Gasteiger partial charge on any atom is 0.244 e. The van der Waals surface area contributed by atoms with E-state index in [1.807, 2.05) is 18.2 Å². The van der Waals surface area contributed by atoms with E-state index in [9.17, 15) is 17.6 Å². The first kappa shape index (κ1) is 24.0. The summed E-state index contributed by atoms with van der Waals surface area (Å²) in [4.78, 5) is 21.0. The predicted molar refractivity (Wildman–Crippen MR) is 127 cm³/mol. The number of carbonyl (C=O) groups is 1. The Kier molecular flexibility index (Phi) is 7.38. The van der Waals surface area contributed by atoms with Crippen molar-refractivity contribution in [1.82, 2.24) is 24.6 Å². The summed E-state index contributed by atoms with van der Waals surface area (Å²) in [6, 6.07) is 12.0. The van der Waals surface area contributed by atoms with Crippen LogP contribution in [0.2, 0.25) is 0 Å². The number of nitrogens with zero attached hydrogens (tertiary/aromatic N) is 5. The number of benzene rings is 1. The van der Waals surface area contributed by atoms with Crippen molar-refractivity contribution in [3.63, 3.8) is 0 Å². The predicted octanol–water partition coefficient (Wildman–Crippen LogP) is 1.86. The van der Waals surface area contributed by atoms with Crippen molar-refractivity contribution in [2.45, 2.75) is 13.0 Å². The number of rotatable bonds is 8. The molecule has 1 aromatic carbocycles. The van der Waals surface area contributed by atoms with E-state index in [4.69, 9.17) is 5.10 Å². The van der Waals surface area contributed by atoms with E-state index in [1.165, 1.54) is 18.4 Å². The minimum absolute atomic E-state index is 0.0347. The maximum absolute atomic E-state index is 13.3. The number of pyridine rings is 1. The van der Waals surface area contributed by atoms with Gasteiger partial charge in [-0.15, -0.1) is 0 Å². The minimum atomic E-state index is -3.01. The van der Waals surface area contributed by atoms with Gasteiger partial charge in [-0.3, -0.25) is 19.4 Å². The van der Waals surface area contributed by atoms with Crippen LogP contribution in [-0.2, 0) is 27.6 Å². The molecule has 1 saturated heterocycles. The lowest BCUT2D eigenvalue weighted by Gasteiger charge is -2.34. The summed E-state index contributed by atoms with van der Waals surface area (Å²) in [5.41, 5.74) is 3.44. The normalized spacial score (nSPS) is 14.9. The third-order valence-corrected chi connectivity index (χ3v) is 6.85. The number of hydrogen-bond donors (Lipinski definition) is 0. The van der Waals surface area contributed by atoms with Gasteiger partial charge in [0, 0.05) is 69.1 Å². The Labute approximate surface area is 198 Å². The fourth-order valence-electron chi connectivity index (χ4n) is 3.95. The molecule has 8 nitrogen and oxygen atoms in total. The van der Waals surface area contributed by atoms with Gasteiger partial charge in [-0.2, -0.15) is 5.10 Å². The third kappa shape index (κ3) is 6.48. The molecule has 2 aromatic heterocycles. The highest BCUT2D eigenvalue weighted by molar-refractivity contribution is 7.90. The lowest BCUT2D eigenvalue weighted by atomic mass is 10.1. The first-order valence-electron chi connectivity index (χ1n) is 11.2. The Bertz CT molecular complexity index is 1220. The summed E-state index contributed by atoms with van der Waals surface area (Å²) in [7, 11) is -3.01. The molecule has 0 atom stereocenters. The summed E-state index contributed by atoms with van der Waals surface area (Å²) in [6.07, 6.45) is 5.15. The molecule has 1 amide bonds. The zero-order valence-electron chi connectivity index (χ0n) is 19.1. The molecular weight excluding hydrogens is 457 g/mol. The second-order valence-corrected chi connectivity index (χ2v) is 10.8. The highest BCUT2D eigenvalue weighted by Crippen LogP contribution is 2.21. The van der Waals surface area contributed by atoms with E-state index in [-0.39, 0.29) is 24.0 Å². The van der Waals surface area contributed by atoms with Crippen LogP contribution in [0.5, 0.6) is 0 Å². The van der Waals surface area contributed by atoms with Crippen LogP contribution in [-0.4, -0.2) is 83.6 Å². The summed E-state index contributed by atoms with van der Waals surface area (Å²) in [5.74, 6) is -0.202. The molecule has 1 aliphatic heterocycles. The van der Waals surface area contributed by atoms with Crippen LogP contribution < -0.4 is 0 Å². The molecule has 1 aliphatic rings. The fraction of sp³-hybridized carbons (Fsp3) is 0.375. The van der Waals surface area contributed by atoms with Crippen molar-refractivity contribution < 1.29 is 17.6 Å². The Hall–Kier alpha value is -3.11. The second-order valence-electron chi connectivity index (χ2n) is 8.57. The van der Waals surface area contributed by atoms with Crippen molar-refractivity contribution >= 4 is 15.7 Å². The van der Waals surface area contributed by atoms with Gasteiger partial charge in [0.1, 0.15) is 22.2 Å². The first-order valence-corrected chi connectivity index (χ1v) is 13.2. The van der Waals surface area contributed by atoms with Gasteiger partial charge >= 0.3 is 0 Å². The Balaban J connectivity index is 1.46. The molecule has 10 heteroatoms. The molecule has 3 heterocycles. The third-order valence-electron chi connectivity index (χ3n) is 5.93. The van der Waals surface area contributed by atoms with Crippen LogP contribution in [0.25, 0.3) is 11.3 Å². The highest BCUT2D eigenvalue weighted by Gasteiger charge is 2.23. The topological polar surface area (TPSA) is 88.4 Å². The number of halogens is 1. The van der Waals surface area contributed by atoms with Gasteiger partial charge in [-0.1, -0.05) is 12.1 Å². The van der Waals surface area contributed by atoms with Gasteiger partial charge in [0.2, 0.25) is 5.91 Å². The van der Waals surface area contributed by atoms with Gasteiger partial charge in [-0.25, -0.2) is 12.8 Å². The summed E-state index contributed by atoms with van der Waals surface area (Å²) in [5, 5.41) is 4.69. The first-order chi connectivity index (χ1) is 16.3. The van der Waals surface area contributed by atoms with E-state index in [2.05, 4.69) is 9.88 Å². The average Bonchev–Trinajstić information content (AvgIpc) is 3.21. The molecule has 0 bridgehead atoms. The van der Waals surface area contributed by atoms with Crippen LogP contribution >= 0.6 is 0 Å². The Morgan fingerprint density at radius 3 is 2.35 bits per heavy atom. The van der Waals surface area contributed by atoms with E-state index >= 15 is 0 Å². The number of amides is 1. The maximum atomic E-state index is 13.3. The molecular formula is C24H28FN5O3S. The SMILES string of the molecule is CS(=O)(=O)CCN1CCN(C(=O)Cn2nc(-c3ccncc3)cc2Cc2ccc(F)cc2)CC1. The average molecular weight is 486 g/mol. The van der Waals surface area contributed by atoms with Crippen LogP contribution in [0.1, 0.15) is 11.3 Å². The van der Waals surface area contributed by atoms with Gasteiger partial charge < -0.3 is 4.90 Å². The molecule has 0 spiro atoms. The Morgan fingerprint density at radius 2 is 1.71 bits per heavy atom. The lowest BCUT2D eigenvalue weighted by molar-refractivity contribution is -0.133. The number of carbonyl (C=O) groups excluding carboxylic acids is 1. The smallest absolute Gasteiger partial charge is 0.244 e. The molecule has 1 fully saturated rings. The largest absolute Gasteiger partial charge is 0.339 e. The van der Waals surface area contributed by atoms with Crippen molar-refractivity contribution in [2.75, 3.05) is 44.7 Å². The van der Waals surface area contributed by atoms with Gasteiger partial charge in [0.25, 0.3) is 0 Å². The molecule has 0 saturated carbocycles. The van der Waals surface area contributed by atoms with Crippen molar-refractivity contribution in [1.29, 1.82) is 0 Å². The summed E-state index contributed by atoms with van der Waals surface area (Å²) < 4.78 is 37.9. The van der Waals surface area contributed by atoms with E-state index in [1.54, 1.807) is 34.1 Å². The zero-order chi connectivity index (χ0) is 24.1. The van der Waals surface area contributed by atoms with Gasteiger partial charge in [0.05, 0.1) is 11.4 Å². The van der Waals surface area contributed by atoms with Crippen molar-refractivity contribution in [3.8, 4) is 11.3 Å². The van der Waals surface area contributed by atoms with Gasteiger partial charge in [0.15, 0.2) is 0 Å². The van der Waals surface area contributed by atoms with Crippen LogP contribution in [0, 0.1) is 5.82 Å². The molecule has 3 aromatic rings. The van der Waals surface area contributed by atoms with Crippen LogP contribution in [0.15, 0.2) is 54.9 Å². The summed E-state index contributed by atoms with van der Waals surface area (Å²) >= 11 is 0. The van der Waals surface area contributed by atoms with Crippen LogP contribution in [0.3, 0.4) is 0 Å². The highest BCUT2D eigenvalue weighted by atomic mass is 32.2. The van der Waals surface area contributed by atoms with E-state index < -0.39 is 9.84 Å².